The van der Waals surface area contributed by atoms with Crippen molar-refractivity contribution < 1.29 is 120 Å². The van der Waals surface area contributed by atoms with E-state index in [9.17, 15) is 77.3 Å². The highest BCUT2D eigenvalue weighted by atomic mass is 16.6. The number of ether oxygens (including phenoxy) is 6. The number of hydrogen-bond donors (Lipinski definition) is 18. The van der Waals surface area contributed by atoms with E-state index < -0.39 is 285 Å². The summed E-state index contributed by atoms with van der Waals surface area (Å²) in [6.07, 6.45) is -11.7. The number of aliphatic hydroxyl groups excluding tert-OH is 2. The molecule has 680 valence electrons. The molecule has 0 aromatic rings. The lowest BCUT2D eigenvalue weighted by Crippen LogP contribution is -2.62. The van der Waals surface area contributed by atoms with Gasteiger partial charge >= 0.3 is 36.4 Å². The van der Waals surface area contributed by atoms with E-state index >= 15 is 14.4 Å². The Morgan fingerprint density at radius 1 is 0.412 bits per heavy atom. The molecule has 0 spiro atoms. The van der Waals surface area contributed by atoms with E-state index in [0.29, 0.717) is 12.8 Å². The topological polar surface area (TPSA) is 579 Å². The maximum atomic E-state index is 15.3. The van der Waals surface area contributed by atoms with Gasteiger partial charge in [0.25, 0.3) is 0 Å². The zero-order valence-electron chi connectivity index (χ0n) is 73.7. The van der Waals surface area contributed by atoms with Crippen LogP contribution in [0.25, 0.3) is 0 Å². The van der Waals surface area contributed by atoms with E-state index in [4.69, 9.17) is 28.4 Å². The number of alkyl carbamates (subject to hydrolysis) is 5. The van der Waals surface area contributed by atoms with Gasteiger partial charge < -0.3 is 124 Å². The van der Waals surface area contributed by atoms with Crippen LogP contribution >= 0.6 is 0 Å². The second kappa shape index (κ2) is 50.7. The molecular weight excluding hydrogens is 1560 g/mol. The number of carbonyl (C=O) groups is 17. The molecule has 0 saturated carbocycles. The zero-order valence-corrected chi connectivity index (χ0v) is 73.7. The molecule has 119 heavy (non-hydrogen) atoms. The molecule has 3 unspecified atom stereocenters. The van der Waals surface area contributed by atoms with E-state index in [2.05, 4.69) is 85.1 Å². The Morgan fingerprint density at radius 2 is 0.756 bits per heavy atom. The minimum Gasteiger partial charge on any atom is -0.463 e. The van der Waals surface area contributed by atoms with Crippen LogP contribution in [0.4, 0.5) is 24.0 Å². The summed E-state index contributed by atoms with van der Waals surface area (Å²) in [6, 6.07) is -17.7. The predicted octanol–water partition coefficient (Wildman–Crippen LogP) is 1.29. The zero-order chi connectivity index (χ0) is 91.3. The average Bonchev–Trinajstić information content (AvgIpc) is 1.35. The van der Waals surface area contributed by atoms with Gasteiger partial charge in [0.05, 0.1) is 24.7 Å². The maximum absolute atomic E-state index is 15.3. The van der Waals surface area contributed by atoms with Crippen molar-refractivity contribution >= 4 is 101 Å². The van der Waals surface area contributed by atoms with Gasteiger partial charge in [0.15, 0.2) is 0 Å². The number of amides is 16. The fraction of sp³-hybridized carbons (Fsp3) is 0.782. The molecule has 16 amide bonds. The Kier molecular flexibility index (Phi) is 45.6. The molecule has 1 fully saturated rings. The fourth-order valence-electron chi connectivity index (χ4n) is 11.1. The first kappa shape index (κ1) is 107. The summed E-state index contributed by atoms with van der Waals surface area (Å²) in [5.41, 5.74) is -5.01. The van der Waals surface area contributed by atoms with Crippen LogP contribution in [0.3, 0.4) is 0 Å². The van der Waals surface area contributed by atoms with Crippen molar-refractivity contribution in [3.8, 4) is 0 Å². The Morgan fingerprint density at radius 3 is 1.11 bits per heavy atom. The summed E-state index contributed by atoms with van der Waals surface area (Å²) < 4.78 is 32.2. The van der Waals surface area contributed by atoms with Gasteiger partial charge in [-0.3, -0.25) is 57.5 Å². The van der Waals surface area contributed by atoms with Crippen LogP contribution in [0.5, 0.6) is 0 Å². The molecule has 41 nitrogen and oxygen atoms in total. The SMILES string of the molecule is CCCC(C)OC(=O)CCC(=O)N[C@@H](CCNC(=O)OC(C)(C)C)C(=O)N[C@H](C(=O)N[C@@H](CCNC(=O)OC(C)(C)C)C(=O)N[C@H]1CCNC(=O)[C@H](C(C)O)NC(=O)[C@H](CCNC(=O)OC(C)(C)C)NC(=O)[C@H](CCNC(=O)OC(C)(C)C)NC(=O)[C@H](CC(C)C)NC(=O)[C@@H](CC(C)C)NC(=O)[C@H](CCNC(=O)OC(C)(C)C)NC1=O)C(C)O. The largest absolute Gasteiger partial charge is 0.463 e. The quantitative estimate of drug-likeness (QED) is 0.0319. The van der Waals surface area contributed by atoms with Crippen molar-refractivity contribution in [1.82, 2.24) is 85.1 Å². The number of carbonyl (C=O) groups excluding carboxylic acids is 17. The number of esters is 1. The van der Waals surface area contributed by atoms with E-state index in [1.807, 2.05) is 6.92 Å². The van der Waals surface area contributed by atoms with Crippen LogP contribution in [0, 0.1) is 11.8 Å². The monoisotopic (exact) mass is 1700 g/mol. The summed E-state index contributed by atoms with van der Waals surface area (Å²) in [5.74, 6) is -13.7. The van der Waals surface area contributed by atoms with Gasteiger partial charge in [-0.2, -0.15) is 0 Å². The highest BCUT2D eigenvalue weighted by molar-refractivity contribution is 5.99. The Bertz CT molecular complexity index is 3400. The van der Waals surface area contributed by atoms with Crippen LogP contribution < -0.4 is 85.1 Å². The van der Waals surface area contributed by atoms with Crippen LogP contribution in [0.2, 0.25) is 0 Å². The lowest BCUT2D eigenvalue weighted by molar-refractivity contribution is -0.149. The molecule has 1 saturated heterocycles. The molecule has 0 aromatic heterocycles. The van der Waals surface area contributed by atoms with Gasteiger partial charge in [-0.1, -0.05) is 41.0 Å². The summed E-state index contributed by atoms with van der Waals surface area (Å²) >= 11 is 0. The van der Waals surface area contributed by atoms with E-state index in [1.54, 1.807) is 138 Å². The molecule has 0 bridgehead atoms. The molecule has 41 heteroatoms. The van der Waals surface area contributed by atoms with Crippen LogP contribution in [0.15, 0.2) is 0 Å². The van der Waals surface area contributed by atoms with Crippen molar-refractivity contribution in [3.63, 3.8) is 0 Å². The van der Waals surface area contributed by atoms with Crippen molar-refractivity contribution in [2.24, 2.45) is 11.8 Å². The lowest BCUT2D eigenvalue weighted by Gasteiger charge is -2.29. The highest BCUT2D eigenvalue weighted by Gasteiger charge is 2.39. The van der Waals surface area contributed by atoms with E-state index in [-0.39, 0.29) is 38.3 Å². The molecule has 13 atom stereocenters. The smallest absolute Gasteiger partial charge is 0.407 e. The fourth-order valence-corrected chi connectivity index (χ4v) is 11.1. The molecule has 1 heterocycles. The van der Waals surface area contributed by atoms with Gasteiger partial charge in [0, 0.05) is 45.7 Å². The predicted molar refractivity (Wildman–Crippen MR) is 433 cm³/mol. The maximum Gasteiger partial charge on any atom is 0.407 e. The van der Waals surface area contributed by atoms with Crippen molar-refractivity contribution in [2.75, 3.05) is 39.3 Å². The third-order valence-electron chi connectivity index (χ3n) is 16.4. The first-order valence-corrected chi connectivity index (χ1v) is 40.5. The molecule has 0 aliphatic carbocycles. The Hall–Kier alpha value is -10.1. The van der Waals surface area contributed by atoms with Crippen LogP contribution in [0.1, 0.15) is 236 Å². The van der Waals surface area contributed by atoms with E-state index in [1.165, 1.54) is 0 Å². The standard InChI is InChI=1S/C78H138N16O25/c1-24-25-44(6)114-56(98)27-26-55(97)85-47(29-35-80-69(109)115-74(9,10)11)63(103)94-58(46(8)96)68(108)90-51(32-38-83-72(112)118-77(18,19)20)61(101)86-48-28-34-79-67(107)57(45(7)95)93-64(104)52(33-39-84-73(113)119-78(21,22)23)88-60(100)49(30-36-81-70(110)116-75(12,13)14)89-65(105)53(40-42(2)3)92-66(106)54(41-43(4)5)91-62(102)50(87-59(48)99)31-37-82-71(111)117-76(15,16)17/h42-54,57-58,95-96H,24-41H2,1-23H3,(H,79,107)(H,80,109)(H,81,110)(H,82,111)(H,83,112)(H,84,113)(H,85,97)(H,86,101)(H,87,99)(H,88,100)(H,89,105)(H,90,108)(H,91,102)(H,92,106)(H,93,104)(H,94,103)/t44?,45?,46?,47-,48-,49-,50-,51-,52-,53-,54+,57-,58-/m0/s1. The number of rotatable bonds is 34. The van der Waals surface area contributed by atoms with Crippen molar-refractivity contribution in [3.05, 3.63) is 0 Å². The summed E-state index contributed by atoms with van der Waals surface area (Å²) in [7, 11) is 0. The van der Waals surface area contributed by atoms with Crippen LogP contribution in [-0.2, 0) is 86.0 Å². The third-order valence-corrected chi connectivity index (χ3v) is 16.4. The highest BCUT2D eigenvalue weighted by Crippen LogP contribution is 2.16. The van der Waals surface area contributed by atoms with Gasteiger partial charge in [-0.25, -0.2) is 24.0 Å². The molecular formula is C78H138N16O25. The Balaban J connectivity index is 4.49. The normalized spacial score (nSPS) is 20.1. The molecule has 1 aliphatic rings. The molecule has 18 N–H and O–H groups in total. The van der Waals surface area contributed by atoms with Crippen LogP contribution in [-0.4, -0.2) is 258 Å². The van der Waals surface area contributed by atoms with Gasteiger partial charge in [0.1, 0.15) is 88.4 Å². The second-order valence-electron chi connectivity index (χ2n) is 35.0. The third kappa shape index (κ3) is 47.9. The van der Waals surface area contributed by atoms with Crippen molar-refractivity contribution in [1.29, 1.82) is 0 Å². The number of nitrogens with one attached hydrogen (secondary N) is 16. The molecule has 0 aromatic carbocycles. The first-order valence-electron chi connectivity index (χ1n) is 40.5. The minimum absolute atomic E-state index is 0.111. The number of hydrogen-bond acceptors (Lipinski definition) is 25. The molecule has 1 rings (SSSR count). The molecule has 1 aliphatic heterocycles. The molecule has 0 radical (unpaired) electrons. The van der Waals surface area contributed by atoms with Gasteiger partial charge in [-0.15, -0.1) is 0 Å². The lowest BCUT2D eigenvalue weighted by atomic mass is 9.99. The second-order valence-corrected chi connectivity index (χ2v) is 35.0. The van der Waals surface area contributed by atoms with Gasteiger partial charge in [-0.05, 0) is 194 Å². The minimum atomic E-state index is -2.01. The summed E-state index contributed by atoms with van der Waals surface area (Å²) in [5, 5.41) is 62.6. The average molecular weight is 1700 g/mol. The van der Waals surface area contributed by atoms with Crippen molar-refractivity contribution in [2.45, 2.75) is 343 Å². The Labute approximate surface area is 698 Å². The first-order chi connectivity index (χ1) is 54.8. The summed E-state index contributed by atoms with van der Waals surface area (Å²) in [6.45, 7) is 33.7. The summed E-state index contributed by atoms with van der Waals surface area (Å²) in [4.78, 5) is 239. The van der Waals surface area contributed by atoms with Gasteiger partial charge in [0.2, 0.25) is 65.0 Å². The van der Waals surface area contributed by atoms with E-state index in [0.717, 1.165) is 13.8 Å². The number of aliphatic hydroxyl groups is 2.